The van der Waals surface area contributed by atoms with Gasteiger partial charge in [0.25, 0.3) is 11.5 Å². The van der Waals surface area contributed by atoms with Gasteiger partial charge in [-0.2, -0.15) is 0 Å². The minimum Gasteiger partial charge on any atom is -0.288 e. The fourth-order valence-electron chi connectivity index (χ4n) is 1.41. The summed E-state index contributed by atoms with van der Waals surface area (Å²) in [4.78, 5) is 31.8. The quantitative estimate of drug-likeness (QED) is 0.595. The summed E-state index contributed by atoms with van der Waals surface area (Å²) in [7, 11) is 0. The number of nitrogens with zero attached hydrogens (tertiary/aromatic N) is 3. The van der Waals surface area contributed by atoms with Gasteiger partial charge in [-0.05, 0) is 11.6 Å². The summed E-state index contributed by atoms with van der Waals surface area (Å²) in [5.74, 6) is -0.195. The van der Waals surface area contributed by atoms with Gasteiger partial charge in [0.1, 0.15) is 0 Å². The largest absolute Gasteiger partial charge is 0.288 e. The van der Waals surface area contributed by atoms with Gasteiger partial charge < -0.3 is 0 Å². The fraction of sp³-hybridized carbons (Fsp3) is 0.100. The van der Waals surface area contributed by atoms with Gasteiger partial charge in [-0.25, -0.2) is 15.1 Å². The highest BCUT2D eigenvalue weighted by Gasteiger charge is 2.06. The summed E-state index contributed by atoms with van der Waals surface area (Å²) in [6.45, 7) is 0. The van der Waals surface area contributed by atoms with Gasteiger partial charge in [0.2, 0.25) is 0 Å². The van der Waals surface area contributed by atoms with Crippen LogP contribution < -0.4 is 11.0 Å². The van der Waals surface area contributed by atoms with Crippen LogP contribution in [0.25, 0.3) is 0 Å². The molecule has 0 atom stereocenters. The molecule has 2 rings (SSSR count). The van der Waals surface area contributed by atoms with Crippen LogP contribution in [-0.4, -0.2) is 20.0 Å². The summed E-state index contributed by atoms with van der Waals surface area (Å²) in [6.07, 6.45) is 4.95. The third kappa shape index (κ3) is 2.88. The molecule has 0 unspecified atom stereocenters. The van der Waals surface area contributed by atoms with E-state index in [1.54, 1.807) is 23.9 Å². The smallest absolute Gasteiger partial charge is 0.265 e. The second-order valence-electron chi connectivity index (χ2n) is 3.49. The summed E-state index contributed by atoms with van der Waals surface area (Å²) in [5.41, 5.74) is 2.64. The average molecular weight is 247 g/mol. The number of aromatic amines is 1. The van der Waals surface area contributed by atoms with Crippen molar-refractivity contribution in [2.75, 3.05) is 5.43 Å². The number of rotatable bonds is 4. The molecule has 92 valence electrons. The number of hydrazine groups is 1. The van der Waals surface area contributed by atoms with Crippen molar-refractivity contribution in [1.29, 1.82) is 0 Å². The van der Waals surface area contributed by atoms with Crippen molar-refractivity contribution in [1.82, 2.24) is 15.0 Å². The first kappa shape index (κ1) is 11.7. The van der Waals surface area contributed by atoms with Crippen LogP contribution in [0.4, 0.5) is 5.95 Å². The first-order chi connectivity index (χ1) is 8.65. The molecule has 0 radical (unpaired) electrons. The number of aromatic nitrogens is 3. The molecule has 0 fully saturated rings. The van der Waals surface area contributed by atoms with Crippen LogP contribution in [0.3, 0.4) is 0 Å². The predicted molar refractivity (Wildman–Crippen MR) is 62.5 cm³/mol. The van der Waals surface area contributed by atoms with Crippen molar-refractivity contribution in [2.24, 2.45) is 0 Å². The maximum Gasteiger partial charge on any atom is 0.265 e. The van der Waals surface area contributed by atoms with Crippen LogP contribution in [0.15, 0.2) is 35.5 Å². The molecule has 0 bridgehead atoms. The molecule has 2 N–H and O–H groups in total. The molecule has 0 aromatic carbocycles. The Morgan fingerprint density at radius 3 is 2.89 bits per heavy atom. The molecule has 8 nitrogen and oxygen atoms in total. The third-order valence-corrected chi connectivity index (χ3v) is 2.19. The van der Waals surface area contributed by atoms with Gasteiger partial charge in [0.15, 0.2) is 5.03 Å². The highest BCUT2D eigenvalue weighted by molar-refractivity contribution is 5.25. The number of hydrogen-bond donors (Lipinski definition) is 2. The molecule has 0 aliphatic carbocycles. The van der Waals surface area contributed by atoms with E-state index in [1.807, 2.05) is 6.07 Å². The Morgan fingerprint density at radius 2 is 2.28 bits per heavy atom. The van der Waals surface area contributed by atoms with Gasteiger partial charge in [0.05, 0.1) is 0 Å². The van der Waals surface area contributed by atoms with Crippen molar-refractivity contribution in [3.8, 4) is 0 Å². The molecule has 2 heterocycles. The van der Waals surface area contributed by atoms with Crippen molar-refractivity contribution in [3.63, 3.8) is 0 Å². The van der Waals surface area contributed by atoms with E-state index in [4.69, 9.17) is 0 Å². The van der Waals surface area contributed by atoms with Crippen LogP contribution in [0, 0.1) is 10.1 Å². The molecule has 0 amide bonds. The number of anilines is 1. The second kappa shape index (κ2) is 5.04. The van der Waals surface area contributed by atoms with Crippen LogP contribution >= 0.6 is 0 Å². The normalized spacial score (nSPS) is 10.0. The van der Waals surface area contributed by atoms with Gasteiger partial charge in [0, 0.05) is 30.6 Å². The van der Waals surface area contributed by atoms with E-state index in [0.29, 0.717) is 12.0 Å². The van der Waals surface area contributed by atoms with Gasteiger partial charge in [-0.15, -0.1) is 0 Å². The lowest BCUT2D eigenvalue weighted by molar-refractivity contribution is -0.446. The Morgan fingerprint density at radius 1 is 1.44 bits per heavy atom. The summed E-state index contributed by atoms with van der Waals surface area (Å²) in [6, 6.07) is 3.59. The van der Waals surface area contributed by atoms with E-state index in [0.717, 1.165) is 5.56 Å². The third-order valence-electron chi connectivity index (χ3n) is 2.19. The van der Waals surface area contributed by atoms with E-state index in [9.17, 15) is 14.9 Å². The highest BCUT2D eigenvalue weighted by atomic mass is 16.7. The SMILES string of the molecule is O=c1[nH]c(N[N+](=O)[O-])ncc1Cc1cccnc1. The molecule has 2 aromatic rings. The minimum atomic E-state index is -0.793. The van der Waals surface area contributed by atoms with Crippen LogP contribution in [-0.2, 0) is 6.42 Å². The molecular formula is C10H9N5O3. The van der Waals surface area contributed by atoms with Crippen LogP contribution in [0.2, 0.25) is 0 Å². The molecular weight excluding hydrogens is 238 g/mol. The zero-order chi connectivity index (χ0) is 13.0. The molecule has 0 saturated carbocycles. The van der Waals surface area contributed by atoms with Crippen molar-refractivity contribution >= 4 is 5.95 Å². The maximum absolute atomic E-state index is 11.6. The highest BCUT2D eigenvalue weighted by Crippen LogP contribution is 2.03. The first-order valence-electron chi connectivity index (χ1n) is 5.03. The molecule has 18 heavy (non-hydrogen) atoms. The first-order valence-corrected chi connectivity index (χ1v) is 5.03. The lowest BCUT2D eigenvalue weighted by Gasteiger charge is -2.01. The second-order valence-corrected chi connectivity index (χ2v) is 3.49. The van der Waals surface area contributed by atoms with Gasteiger partial charge >= 0.3 is 0 Å². The van der Waals surface area contributed by atoms with Crippen LogP contribution in [0.1, 0.15) is 11.1 Å². The molecule has 2 aromatic heterocycles. The number of nitrogens with one attached hydrogen (secondary N) is 2. The van der Waals surface area contributed by atoms with Crippen molar-refractivity contribution in [2.45, 2.75) is 6.42 Å². The molecule has 8 heteroatoms. The maximum atomic E-state index is 11.6. The Bertz CT molecular complexity index is 610. The summed E-state index contributed by atoms with van der Waals surface area (Å²) in [5, 5.41) is 9.39. The number of nitro groups is 1. The Hall–Kier alpha value is -2.77. The molecule has 0 spiro atoms. The molecule has 0 saturated heterocycles. The van der Waals surface area contributed by atoms with E-state index in [-0.39, 0.29) is 5.95 Å². The van der Waals surface area contributed by atoms with Gasteiger partial charge in [-0.1, -0.05) is 11.5 Å². The number of pyridine rings is 1. The van der Waals surface area contributed by atoms with E-state index >= 15 is 0 Å². The zero-order valence-corrected chi connectivity index (χ0v) is 9.16. The van der Waals surface area contributed by atoms with Crippen molar-refractivity contribution < 1.29 is 5.03 Å². The van der Waals surface area contributed by atoms with E-state index in [1.165, 1.54) is 6.20 Å². The minimum absolute atomic E-state index is 0.195. The average Bonchev–Trinajstić information content (AvgIpc) is 2.33. The lowest BCUT2D eigenvalue weighted by Crippen LogP contribution is -2.19. The number of hydrogen-bond acceptors (Lipinski definition) is 5. The predicted octanol–water partition coefficient (Wildman–Crippen LogP) is 0.359. The fourth-order valence-corrected chi connectivity index (χ4v) is 1.41. The van der Waals surface area contributed by atoms with Gasteiger partial charge in [-0.3, -0.25) is 14.8 Å². The van der Waals surface area contributed by atoms with E-state index < -0.39 is 10.6 Å². The monoisotopic (exact) mass is 247 g/mol. The summed E-state index contributed by atoms with van der Waals surface area (Å²) >= 11 is 0. The summed E-state index contributed by atoms with van der Waals surface area (Å²) < 4.78 is 0. The Balaban J connectivity index is 2.20. The topological polar surface area (TPSA) is 114 Å². The van der Waals surface area contributed by atoms with E-state index in [2.05, 4.69) is 15.0 Å². The molecule has 0 aliphatic rings. The number of H-pyrrole nitrogens is 1. The van der Waals surface area contributed by atoms with Crippen LogP contribution in [0.5, 0.6) is 0 Å². The van der Waals surface area contributed by atoms with Crippen molar-refractivity contribution in [3.05, 3.63) is 62.3 Å². The Kier molecular flexibility index (Phi) is 3.28. The lowest BCUT2D eigenvalue weighted by atomic mass is 10.1. The molecule has 0 aliphatic heterocycles. The Labute approximate surface area is 101 Å². The zero-order valence-electron chi connectivity index (χ0n) is 9.16. The standard InChI is InChI=1S/C10H9N5O3/c16-9-8(4-7-2-1-3-11-5-7)6-12-10(13-9)14-15(17)18/h1-3,5-6H,4H2,(H2,12,13,14,16).